The normalized spacial score (nSPS) is 12.0. The Morgan fingerprint density at radius 1 is 0.833 bits per heavy atom. The molecule has 0 bridgehead atoms. The molecule has 3 aromatic carbocycles. The molecule has 4 rings (SSSR count). The summed E-state index contributed by atoms with van der Waals surface area (Å²) in [6.45, 7) is 1.76. The molecule has 4 aromatic rings. The zero-order chi connectivity index (χ0) is 16.9. The predicted molar refractivity (Wildman–Crippen MR) is 94.9 cm³/mol. The van der Waals surface area contributed by atoms with Crippen LogP contribution >= 0.6 is 0 Å². The molecule has 24 heavy (non-hydrogen) atoms. The van der Waals surface area contributed by atoms with Crippen LogP contribution in [0.15, 0.2) is 71.6 Å². The first-order valence-electron chi connectivity index (χ1n) is 7.54. The molecular weight excluding hydrogens is 322 g/mol. The van der Waals surface area contributed by atoms with Crippen molar-refractivity contribution in [1.29, 1.82) is 0 Å². The topological polar surface area (TPSA) is 59.3 Å². The molecule has 5 heteroatoms. The summed E-state index contributed by atoms with van der Waals surface area (Å²) in [5, 5.41) is 12.1. The van der Waals surface area contributed by atoms with E-state index in [0.717, 1.165) is 5.39 Å². The van der Waals surface area contributed by atoms with Crippen molar-refractivity contribution < 1.29 is 13.5 Å². The fraction of sp³-hybridized carbons (Fsp3) is 0.0526. The first-order chi connectivity index (χ1) is 11.5. The third-order valence-electron chi connectivity index (χ3n) is 4.25. The molecule has 0 unspecified atom stereocenters. The molecule has 0 fully saturated rings. The number of para-hydroxylation sites is 1. The zero-order valence-corrected chi connectivity index (χ0v) is 13.8. The highest BCUT2D eigenvalue weighted by atomic mass is 32.2. The summed E-state index contributed by atoms with van der Waals surface area (Å²) < 4.78 is 27.7. The second kappa shape index (κ2) is 5.11. The lowest BCUT2D eigenvalue weighted by Gasteiger charge is -2.10. The van der Waals surface area contributed by atoms with Crippen molar-refractivity contribution in [2.75, 3.05) is 0 Å². The third kappa shape index (κ3) is 1.95. The van der Waals surface area contributed by atoms with E-state index < -0.39 is 10.0 Å². The summed E-state index contributed by atoms with van der Waals surface area (Å²) in [6, 6.07) is 19.2. The van der Waals surface area contributed by atoms with E-state index in [-0.39, 0.29) is 10.6 Å². The predicted octanol–water partition coefficient (Wildman–Crippen LogP) is 4.05. The Morgan fingerprint density at radius 3 is 2.25 bits per heavy atom. The van der Waals surface area contributed by atoms with E-state index in [1.165, 1.54) is 3.97 Å². The number of phenolic OH excluding ortho intramolecular Hbond substituents is 1. The van der Waals surface area contributed by atoms with Gasteiger partial charge in [0.25, 0.3) is 10.0 Å². The lowest BCUT2D eigenvalue weighted by atomic mass is 10.1. The van der Waals surface area contributed by atoms with Gasteiger partial charge in [0.15, 0.2) is 0 Å². The molecule has 1 heterocycles. The van der Waals surface area contributed by atoms with Crippen molar-refractivity contribution in [1.82, 2.24) is 3.97 Å². The van der Waals surface area contributed by atoms with Gasteiger partial charge in [-0.15, -0.1) is 0 Å². The number of aromatic nitrogens is 1. The Kier molecular flexibility index (Phi) is 3.15. The Morgan fingerprint density at radius 2 is 1.50 bits per heavy atom. The van der Waals surface area contributed by atoms with Gasteiger partial charge in [-0.3, -0.25) is 0 Å². The molecular formula is C19H15NO3S. The Hall–Kier alpha value is -2.79. The highest BCUT2D eigenvalue weighted by Gasteiger charge is 2.25. The SMILES string of the molecule is Cc1ccc2c3ccccc3n(S(=O)(=O)c3ccccc3)c2c1O. The highest BCUT2D eigenvalue weighted by molar-refractivity contribution is 7.90. The van der Waals surface area contributed by atoms with Gasteiger partial charge in [0.2, 0.25) is 0 Å². The van der Waals surface area contributed by atoms with Crippen LogP contribution in [0.2, 0.25) is 0 Å². The molecule has 1 aromatic heterocycles. The first-order valence-corrected chi connectivity index (χ1v) is 8.98. The van der Waals surface area contributed by atoms with Crippen LogP contribution in [0.5, 0.6) is 5.75 Å². The molecule has 0 amide bonds. The first kappa shape index (κ1) is 14.8. The van der Waals surface area contributed by atoms with E-state index in [1.54, 1.807) is 55.5 Å². The lowest BCUT2D eigenvalue weighted by molar-refractivity contribution is 0.475. The number of hydrogen-bond donors (Lipinski definition) is 1. The molecule has 0 aliphatic heterocycles. The Bertz CT molecular complexity index is 1180. The van der Waals surface area contributed by atoms with Crippen LogP contribution < -0.4 is 0 Å². The summed E-state index contributed by atoms with van der Waals surface area (Å²) in [4.78, 5) is 0.188. The van der Waals surface area contributed by atoms with Crippen molar-refractivity contribution in [3.05, 3.63) is 72.3 Å². The van der Waals surface area contributed by atoms with Gasteiger partial charge < -0.3 is 5.11 Å². The molecule has 4 nitrogen and oxygen atoms in total. The van der Waals surface area contributed by atoms with Gasteiger partial charge in [-0.2, -0.15) is 0 Å². The fourth-order valence-corrected chi connectivity index (χ4v) is 4.61. The minimum atomic E-state index is -3.83. The van der Waals surface area contributed by atoms with Gasteiger partial charge in [-0.05, 0) is 30.7 Å². The van der Waals surface area contributed by atoms with Crippen molar-refractivity contribution >= 4 is 31.8 Å². The number of phenols is 1. The molecule has 120 valence electrons. The molecule has 0 saturated heterocycles. The summed E-state index contributed by atoms with van der Waals surface area (Å²) in [7, 11) is -3.83. The van der Waals surface area contributed by atoms with E-state index in [9.17, 15) is 13.5 Å². The van der Waals surface area contributed by atoms with E-state index in [2.05, 4.69) is 0 Å². The van der Waals surface area contributed by atoms with Gasteiger partial charge in [-0.1, -0.05) is 48.5 Å². The standard InChI is InChI=1S/C19H15NO3S/c1-13-11-12-16-15-9-5-6-10-17(15)20(18(16)19(13)21)24(22,23)14-7-3-2-4-8-14/h2-12,21H,1H3. The molecule has 0 radical (unpaired) electrons. The second-order valence-electron chi connectivity index (χ2n) is 5.73. The molecule has 0 aliphatic rings. The lowest BCUT2D eigenvalue weighted by Crippen LogP contribution is -2.12. The Balaban J connectivity index is 2.24. The van der Waals surface area contributed by atoms with Gasteiger partial charge in [0.1, 0.15) is 11.3 Å². The number of hydrogen-bond acceptors (Lipinski definition) is 3. The Labute approximate surface area is 139 Å². The van der Waals surface area contributed by atoms with Gasteiger partial charge in [0, 0.05) is 10.8 Å². The zero-order valence-electron chi connectivity index (χ0n) is 13.0. The number of nitrogens with zero attached hydrogens (tertiary/aromatic N) is 1. The van der Waals surface area contributed by atoms with Crippen molar-refractivity contribution in [3.63, 3.8) is 0 Å². The number of aryl methyl sites for hydroxylation is 1. The summed E-state index contributed by atoms with van der Waals surface area (Å²) in [5.74, 6) is -0.0109. The maximum atomic E-state index is 13.2. The fourth-order valence-electron chi connectivity index (χ4n) is 3.05. The van der Waals surface area contributed by atoms with Crippen molar-refractivity contribution in [3.8, 4) is 5.75 Å². The highest BCUT2D eigenvalue weighted by Crippen LogP contribution is 2.38. The molecule has 0 spiro atoms. The molecule has 0 aliphatic carbocycles. The van der Waals surface area contributed by atoms with Gasteiger partial charge in [0.05, 0.1) is 10.4 Å². The minimum Gasteiger partial charge on any atom is -0.505 e. The monoisotopic (exact) mass is 337 g/mol. The largest absolute Gasteiger partial charge is 0.505 e. The second-order valence-corrected chi connectivity index (χ2v) is 7.51. The third-order valence-corrected chi connectivity index (χ3v) is 5.98. The van der Waals surface area contributed by atoms with Crippen LogP contribution in [0.1, 0.15) is 5.56 Å². The summed E-state index contributed by atoms with van der Waals surface area (Å²) in [6.07, 6.45) is 0. The van der Waals surface area contributed by atoms with Gasteiger partial charge >= 0.3 is 0 Å². The number of aromatic hydroxyl groups is 1. The van der Waals surface area contributed by atoms with Crippen LogP contribution in [0, 0.1) is 6.92 Å². The minimum absolute atomic E-state index is 0.0109. The number of benzene rings is 3. The number of fused-ring (bicyclic) bond motifs is 3. The maximum absolute atomic E-state index is 13.2. The van der Waals surface area contributed by atoms with Crippen LogP contribution in [-0.2, 0) is 10.0 Å². The van der Waals surface area contributed by atoms with E-state index >= 15 is 0 Å². The van der Waals surface area contributed by atoms with E-state index in [1.807, 2.05) is 18.2 Å². The number of rotatable bonds is 2. The summed E-state index contributed by atoms with van der Waals surface area (Å²) >= 11 is 0. The van der Waals surface area contributed by atoms with Crippen LogP contribution in [0.3, 0.4) is 0 Å². The smallest absolute Gasteiger partial charge is 0.268 e. The van der Waals surface area contributed by atoms with Crippen LogP contribution in [-0.4, -0.2) is 17.5 Å². The summed E-state index contributed by atoms with van der Waals surface area (Å²) in [5.41, 5.74) is 1.51. The van der Waals surface area contributed by atoms with Crippen molar-refractivity contribution in [2.45, 2.75) is 11.8 Å². The molecule has 0 atom stereocenters. The molecule has 0 saturated carbocycles. The quantitative estimate of drug-likeness (QED) is 0.600. The van der Waals surface area contributed by atoms with Gasteiger partial charge in [-0.25, -0.2) is 12.4 Å². The van der Waals surface area contributed by atoms with E-state index in [0.29, 0.717) is 22.0 Å². The average molecular weight is 337 g/mol. The van der Waals surface area contributed by atoms with E-state index in [4.69, 9.17) is 0 Å². The maximum Gasteiger partial charge on any atom is 0.268 e. The molecule has 1 N–H and O–H groups in total. The average Bonchev–Trinajstić information content (AvgIpc) is 2.95. The van der Waals surface area contributed by atoms with Crippen LogP contribution in [0.25, 0.3) is 21.8 Å². The van der Waals surface area contributed by atoms with Crippen molar-refractivity contribution in [2.24, 2.45) is 0 Å². The van der Waals surface area contributed by atoms with Crippen LogP contribution in [0.4, 0.5) is 0 Å².